The average Bonchev–Trinajstić information content (AvgIpc) is 3.11. The fraction of sp³-hybridized carbons (Fsp3) is 0.632. The lowest BCUT2D eigenvalue weighted by Crippen LogP contribution is -2.50. The molecule has 1 aliphatic heterocycles. The maximum atomic E-state index is 12.4. The van der Waals surface area contributed by atoms with Crippen molar-refractivity contribution in [2.75, 3.05) is 18.0 Å². The molecule has 2 atom stereocenters. The number of anilines is 1. The Kier molecular flexibility index (Phi) is 5.89. The number of hydrogen-bond acceptors (Lipinski definition) is 4. The number of hydrogen-bond donors (Lipinski definition) is 2. The number of amides is 2. The topological polar surface area (TPSA) is 74.3 Å². The predicted molar refractivity (Wildman–Crippen MR) is 97.2 cm³/mol. The van der Waals surface area contributed by atoms with Gasteiger partial charge in [-0.1, -0.05) is 25.3 Å². The van der Waals surface area contributed by atoms with E-state index in [9.17, 15) is 9.59 Å². The largest absolute Gasteiger partial charge is 0.354 e. The summed E-state index contributed by atoms with van der Waals surface area (Å²) in [6, 6.07) is 5.46. The average molecular weight is 344 g/mol. The van der Waals surface area contributed by atoms with Crippen molar-refractivity contribution in [3.05, 3.63) is 24.4 Å². The molecule has 25 heavy (non-hydrogen) atoms. The number of pyridine rings is 1. The van der Waals surface area contributed by atoms with Crippen molar-refractivity contribution >= 4 is 17.6 Å². The van der Waals surface area contributed by atoms with Gasteiger partial charge < -0.3 is 15.5 Å². The second-order valence-corrected chi connectivity index (χ2v) is 7.19. The maximum Gasteiger partial charge on any atom is 0.242 e. The molecule has 1 aromatic rings. The monoisotopic (exact) mass is 344 g/mol. The number of carbonyl (C=O) groups excluding carboxylic acids is 2. The molecule has 136 valence electrons. The van der Waals surface area contributed by atoms with Gasteiger partial charge in [-0.25, -0.2) is 4.98 Å². The summed E-state index contributed by atoms with van der Waals surface area (Å²) in [6.45, 7) is 3.40. The van der Waals surface area contributed by atoms with E-state index in [1.165, 1.54) is 6.42 Å². The van der Waals surface area contributed by atoms with Crippen LogP contribution in [0.4, 0.5) is 5.82 Å². The van der Waals surface area contributed by atoms with Crippen LogP contribution in [0.15, 0.2) is 24.4 Å². The minimum Gasteiger partial charge on any atom is -0.354 e. The first kappa shape index (κ1) is 17.7. The Bertz CT molecular complexity index is 586. The van der Waals surface area contributed by atoms with Crippen molar-refractivity contribution in [1.82, 2.24) is 15.6 Å². The van der Waals surface area contributed by atoms with Gasteiger partial charge >= 0.3 is 0 Å². The molecule has 0 aromatic carbocycles. The highest BCUT2D eigenvalue weighted by molar-refractivity contribution is 5.88. The van der Waals surface area contributed by atoms with Gasteiger partial charge in [0, 0.05) is 31.2 Å². The van der Waals surface area contributed by atoms with Crippen molar-refractivity contribution in [1.29, 1.82) is 0 Å². The molecule has 2 N–H and O–H groups in total. The zero-order chi connectivity index (χ0) is 17.6. The molecule has 0 spiro atoms. The summed E-state index contributed by atoms with van der Waals surface area (Å²) in [7, 11) is 0. The van der Waals surface area contributed by atoms with Crippen molar-refractivity contribution < 1.29 is 9.59 Å². The smallest absolute Gasteiger partial charge is 0.242 e. The number of nitrogens with zero attached hydrogens (tertiary/aromatic N) is 2. The zero-order valence-electron chi connectivity index (χ0n) is 14.9. The first-order chi connectivity index (χ1) is 12.1. The SMILES string of the molecule is CC(NC(=O)C1CCCCC1)C(=O)NC1CCN(c2ccccn2)C1. The highest BCUT2D eigenvalue weighted by Crippen LogP contribution is 2.23. The Balaban J connectivity index is 1.44. The van der Waals surface area contributed by atoms with Crippen LogP contribution in [0.3, 0.4) is 0 Å². The van der Waals surface area contributed by atoms with Crippen LogP contribution < -0.4 is 15.5 Å². The number of carbonyl (C=O) groups is 2. The van der Waals surface area contributed by atoms with E-state index in [4.69, 9.17) is 0 Å². The van der Waals surface area contributed by atoms with Crippen LogP contribution in [0.1, 0.15) is 45.4 Å². The van der Waals surface area contributed by atoms with Crippen LogP contribution in [-0.2, 0) is 9.59 Å². The van der Waals surface area contributed by atoms with Crippen LogP contribution in [0, 0.1) is 5.92 Å². The van der Waals surface area contributed by atoms with E-state index in [1.807, 2.05) is 18.2 Å². The van der Waals surface area contributed by atoms with Gasteiger partial charge in [0.1, 0.15) is 11.9 Å². The minimum absolute atomic E-state index is 0.0314. The van der Waals surface area contributed by atoms with Crippen molar-refractivity contribution in [2.24, 2.45) is 5.92 Å². The summed E-state index contributed by atoms with van der Waals surface area (Å²) in [5, 5.41) is 5.95. The molecule has 1 aromatic heterocycles. The van der Waals surface area contributed by atoms with E-state index in [0.717, 1.165) is 51.0 Å². The highest BCUT2D eigenvalue weighted by atomic mass is 16.2. The molecule has 2 aliphatic rings. The molecule has 2 amide bonds. The fourth-order valence-corrected chi connectivity index (χ4v) is 3.71. The van der Waals surface area contributed by atoms with Gasteiger partial charge in [-0.3, -0.25) is 9.59 Å². The Morgan fingerprint density at radius 1 is 1.20 bits per heavy atom. The van der Waals surface area contributed by atoms with Gasteiger partial charge in [-0.05, 0) is 38.3 Å². The third-order valence-corrected chi connectivity index (χ3v) is 5.24. The standard InChI is InChI=1S/C19H28N4O2/c1-14(21-19(25)15-7-3-2-4-8-15)18(24)22-16-10-12-23(13-16)17-9-5-6-11-20-17/h5-6,9,11,14-16H,2-4,7-8,10,12-13H2,1H3,(H,21,25)(H,22,24). The van der Waals surface area contributed by atoms with E-state index in [-0.39, 0.29) is 23.8 Å². The first-order valence-corrected chi connectivity index (χ1v) is 9.40. The summed E-state index contributed by atoms with van der Waals surface area (Å²) >= 11 is 0. The lowest BCUT2D eigenvalue weighted by atomic mass is 9.88. The highest BCUT2D eigenvalue weighted by Gasteiger charge is 2.28. The predicted octanol–water partition coefficient (Wildman–Crippen LogP) is 1.86. The second-order valence-electron chi connectivity index (χ2n) is 7.19. The summed E-state index contributed by atoms with van der Waals surface area (Å²) in [4.78, 5) is 31.2. The Hall–Kier alpha value is -2.11. The van der Waals surface area contributed by atoms with E-state index in [2.05, 4.69) is 20.5 Å². The third kappa shape index (κ3) is 4.71. The van der Waals surface area contributed by atoms with Gasteiger partial charge in [0.05, 0.1) is 0 Å². The molecule has 2 heterocycles. The minimum atomic E-state index is -0.488. The molecule has 0 bridgehead atoms. The Morgan fingerprint density at radius 3 is 2.72 bits per heavy atom. The normalized spacial score (nSPS) is 22.4. The molecule has 1 saturated carbocycles. The summed E-state index contributed by atoms with van der Waals surface area (Å²) < 4.78 is 0. The quantitative estimate of drug-likeness (QED) is 0.855. The third-order valence-electron chi connectivity index (χ3n) is 5.24. The van der Waals surface area contributed by atoms with E-state index >= 15 is 0 Å². The molecular formula is C19H28N4O2. The molecule has 2 unspecified atom stereocenters. The van der Waals surface area contributed by atoms with Gasteiger partial charge in [-0.2, -0.15) is 0 Å². The lowest BCUT2D eigenvalue weighted by Gasteiger charge is -2.24. The van der Waals surface area contributed by atoms with Crippen LogP contribution >= 0.6 is 0 Å². The summed E-state index contributed by atoms with van der Waals surface area (Å²) in [5.74, 6) is 0.953. The Labute approximate surface area is 149 Å². The first-order valence-electron chi connectivity index (χ1n) is 9.40. The number of nitrogens with one attached hydrogen (secondary N) is 2. The Morgan fingerprint density at radius 2 is 2.00 bits per heavy atom. The number of aromatic nitrogens is 1. The van der Waals surface area contributed by atoms with E-state index in [0.29, 0.717) is 0 Å². The molecule has 1 saturated heterocycles. The van der Waals surface area contributed by atoms with Crippen molar-refractivity contribution in [3.8, 4) is 0 Å². The van der Waals surface area contributed by atoms with Gasteiger partial charge in [0.25, 0.3) is 0 Å². The van der Waals surface area contributed by atoms with Crippen LogP contribution in [0.2, 0.25) is 0 Å². The molecule has 0 radical (unpaired) electrons. The van der Waals surface area contributed by atoms with Crippen LogP contribution in [0.5, 0.6) is 0 Å². The van der Waals surface area contributed by atoms with Crippen LogP contribution in [-0.4, -0.2) is 42.0 Å². The van der Waals surface area contributed by atoms with Gasteiger partial charge in [0.2, 0.25) is 11.8 Å². The molecule has 1 aliphatic carbocycles. The van der Waals surface area contributed by atoms with Gasteiger partial charge in [0.15, 0.2) is 0 Å². The zero-order valence-corrected chi connectivity index (χ0v) is 14.9. The van der Waals surface area contributed by atoms with Crippen molar-refractivity contribution in [3.63, 3.8) is 0 Å². The fourth-order valence-electron chi connectivity index (χ4n) is 3.71. The molecule has 2 fully saturated rings. The van der Waals surface area contributed by atoms with Crippen molar-refractivity contribution in [2.45, 2.75) is 57.5 Å². The summed E-state index contributed by atoms with van der Waals surface area (Å²) in [5.41, 5.74) is 0. The molecular weight excluding hydrogens is 316 g/mol. The molecule has 6 heteroatoms. The summed E-state index contributed by atoms with van der Waals surface area (Å²) in [6.07, 6.45) is 8.02. The maximum absolute atomic E-state index is 12.4. The molecule has 3 rings (SSSR count). The number of rotatable bonds is 5. The lowest BCUT2D eigenvalue weighted by molar-refractivity contribution is -0.131. The van der Waals surface area contributed by atoms with Gasteiger partial charge in [-0.15, -0.1) is 0 Å². The van der Waals surface area contributed by atoms with E-state index < -0.39 is 6.04 Å². The second kappa shape index (κ2) is 8.32. The van der Waals surface area contributed by atoms with Crippen LogP contribution in [0.25, 0.3) is 0 Å². The van der Waals surface area contributed by atoms with E-state index in [1.54, 1.807) is 13.1 Å². The molecule has 6 nitrogen and oxygen atoms in total.